The van der Waals surface area contributed by atoms with Gasteiger partial charge in [-0.05, 0) is 30.5 Å². The molecule has 1 aliphatic heterocycles. The Bertz CT molecular complexity index is 612. The van der Waals surface area contributed by atoms with E-state index in [4.69, 9.17) is 11.6 Å². The van der Waals surface area contributed by atoms with Crippen LogP contribution in [0.2, 0.25) is 5.02 Å². The summed E-state index contributed by atoms with van der Waals surface area (Å²) in [5, 5.41) is 8.19. The summed E-state index contributed by atoms with van der Waals surface area (Å²) in [6.45, 7) is 3.98. The molecule has 23 heavy (non-hydrogen) atoms. The average Bonchev–Trinajstić information content (AvgIpc) is 2.83. The summed E-state index contributed by atoms with van der Waals surface area (Å²) in [5.41, 5.74) is 0.431. The topological polar surface area (TPSA) is 87.3 Å². The Morgan fingerprint density at radius 2 is 1.83 bits per heavy atom. The number of hydrogen-bond donors (Lipinski definition) is 3. The Balaban J connectivity index is 2.12. The summed E-state index contributed by atoms with van der Waals surface area (Å²) < 4.78 is 0. The van der Waals surface area contributed by atoms with Gasteiger partial charge in [-0.2, -0.15) is 0 Å². The quantitative estimate of drug-likeness (QED) is 0.694. The predicted octanol–water partition coefficient (Wildman–Crippen LogP) is 2.07. The normalized spacial score (nSPS) is 17.6. The van der Waals surface area contributed by atoms with Crippen molar-refractivity contribution in [3.8, 4) is 0 Å². The molecule has 0 aromatic heterocycles. The highest BCUT2D eigenvalue weighted by Gasteiger charge is 2.35. The molecule has 6 nitrogen and oxygen atoms in total. The third kappa shape index (κ3) is 3.82. The first-order chi connectivity index (χ1) is 10.9. The molecule has 0 aliphatic carbocycles. The average molecular weight is 338 g/mol. The SMILES string of the molecule is CCC(CC)(NC(=O)C[C@@H]1NC(=O)NC1=O)c1ccc(Cl)cc1. The van der Waals surface area contributed by atoms with Gasteiger partial charge < -0.3 is 10.6 Å². The molecule has 1 aromatic carbocycles. The van der Waals surface area contributed by atoms with E-state index in [1.54, 1.807) is 12.1 Å². The number of imide groups is 1. The summed E-state index contributed by atoms with van der Waals surface area (Å²) in [6, 6.07) is 5.96. The van der Waals surface area contributed by atoms with Crippen LogP contribution in [0.5, 0.6) is 0 Å². The van der Waals surface area contributed by atoms with Crippen molar-refractivity contribution in [1.82, 2.24) is 16.0 Å². The summed E-state index contributed by atoms with van der Waals surface area (Å²) in [7, 11) is 0. The molecular weight excluding hydrogens is 318 g/mol. The van der Waals surface area contributed by atoms with Crippen molar-refractivity contribution >= 4 is 29.4 Å². The van der Waals surface area contributed by atoms with Gasteiger partial charge in [0.05, 0.1) is 12.0 Å². The van der Waals surface area contributed by atoms with Crippen molar-refractivity contribution in [2.45, 2.75) is 44.7 Å². The van der Waals surface area contributed by atoms with Gasteiger partial charge >= 0.3 is 6.03 Å². The van der Waals surface area contributed by atoms with Crippen molar-refractivity contribution in [2.75, 3.05) is 0 Å². The fraction of sp³-hybridized carbons (Fsp3) is 0.438. The van der Waals surface area contributed by atoms with Crippen LogP contribution in [0.3, 0.4) is 0 Å². The smallest absolute Gasteiger partial charge is 0.322 e. The van der Waals surface area contributed by atoms with Crippen LogP contribution < -0.4 is 16.0 Å². The number of urea groups is 1. The lowest BCUT2D eigenvalue weighted by Gasteiger charge is -2.34. The fourth-order valence-corrected chi connectivity index (χ4v) is 2.91. The molecule has 1 fully saturated rings. The van der Waals surface area contributed by atoms with Gasteiger partial charge in [-0.25, -0.2) is 4.79 Å². The summed E-state index contributed by atoms with van der Waals surface area (Å²) in [5.74, 6) is -0.763. The molecule has 1 heterocycles. The van der Waals surface area contributed by atoms with E-state index in [0.717, 1.165) is 5.56 Å². The van der Waals surface area contributed by atoms with Crippen LogP contribution in [0.15, 0.2) is 24.3 Å². The number of benzene rings is 1. The van der Waals surface area contributed by atoms with E-state index in [2.05, 4.69) is 16.0 Å². The third-order valence-electron chi connectivity index (χ3n) is 4.23. The first-order valence-electron chi connectivity index (χ1n) is 7.58. The Morgan fingerprint density at radius 1 is 1.22 bits per heavy atom. The highest BCUT2D eigenvalue weighted by Crippen LogP contribution is 2.30. The molecule has 7 heteroatoms. The number of carbonyl (C=O) groups is 3. The maximum absolute atomic E-state index is 12.4. The van der Waals surface area contributed by atoms with Gasteiger partial charge in [-0.3, -0.25) is 14.9 Å². The molecule has 0 spiro atoms. The standard InChI is InChI=1S/C16H20ClN3O3/c1-3-16(4-2,10-5-7-11(17)8-6-10)20-13(21)9-12-14(22)19-15(23)18-12/h5-8,12H,3-4,9H2,1-2H3,(H,20,21)(H2,18,19,22,23)/t12-/m0/s1. The maximum Gasteiger partial charge on any atom is 0.322 e. The van der Waals surface area contributed by atoms with Crippen LogP contribution in [-0.2, 0) is 15.1 Å². The Kier molecular flexibility index (Phi) is 5.26. The minimum Gasteiger partial charge on any atom is -0.347 e. The van der Waals surface area contributed by atoms with Gasteiger partial charge in [-0.1, -0.05) is 37.6 Å². The van der Waals surface area contributed by atoms with Gasteiger partial charge in [0.15, 0.2) is 0 Å². The molecule has 1 saturated heterocycles. The number of halogens is 1. The molecular formula is C16H20ClN3O3. The lowest BCUT2D eigenvalue weighted by atomic mass is 9.84. The lowest BCUT2D eigenvalue weighted by molar-refractivity contribution is -0.127. The molecule has 124 valence electrons. The first-order valence-corrected chi connectivity index (χ1v) is 7.96. The zero-order valence-electron chi connectivity index (χ0n) is 13.1. The third-order valence-corrected chi connectivity index (χ3v) is 4.48. The van der Waals surface area contributed by atoms with Crippen LogP contribution in [-0.4, -0.2) is 23.9 Å². The molecule has 2 rings (SSSR count). The van der Waals surface area contributed by atoms with Gasteiger partial charge in [0.2, 0.25) is 5.91 Å². The van der Waals surface area contributed by atoms with E-state index in [0.29, 0.717) is 17.9 Å². The predicted molar refractivity (Wildman–Crippen MR) is 86.9 cm³/mol. The number of amides is 4. The number of hydrogen-bond acceptors (Lipinski definition) is 3. The van der Waals surface area contributed by atoms with E-state index in [9.17, 15) is 14.4 Å². The van der Waals surface area contributed by atoms with Crippen LogP contribution in [0, 0.1) is 0 Å². The van der Waals surface area contributed by atoms with E-state index >= 15 is 0 Å². The Labute approximate surface area is 140 Å². The van der Waals surface area contributed by atoms with Crippen molar-refractivity contribution in [2.24, 2.45) is 0 Å². The Morgan fingerprint density at radius 3 is 2.30 bits per heavy atom. The van der Waals surface area contributed by atoms with Crippen LogP contribution in [0.4, 0.5) is 4.79 Å². The zero-order valence-corrected chi connectivity index (χ0v) is 13.9. The molecule has 0 bridgehead atoms. The maximum atomic E-state index is 12.4. The zero-order chi connectivity index (χ0) is 17.0. The van der Waals surface area contributed by atoms with Crippen LogP contribution in [0.1, 0.15) is 38.7 Å². The van der Waals surface area contributed by atoms with Crippen LogP contribution in [0.25, 0.3) is 0 Å². The van der Waals surface area contributed by atoms with Crippen molar-refractivity contribution in [3.05, 3.63) is 34.9 Å². The molecule has 1 aliphatic rings. The minimum absolute atomic E-state index is 0.0904. The molecule has 1 atom stereocenters. The highest BCUT2D eigenvalue weighted by molar-refractivity contribution is 6.30. The second-order valence-electron chi connectivity index (χ2n) is 5.56. The van der Waals surface area contributed by atoms with Crippen molar-refractivity contribution in [1.29, 1.82) is 0 Å². The summed E-state index contributed by atoms with van der Waals surface area (Å²) in [4.78, 5) is 35.0. The number of rotatable bonds is 6. The molecule has 0 saturated carbocycles. The fourth-order valence-electron chi connectivity index (χ4n) is 2.78. The summed E-state index contributed by atoms with van der Waals surface area (Å²) in [6.07, 6.45) is 1.30. The van der Waals surface area contributed by atoms with Crippen molar-refractivity contribution < 1.29 is 14.4 Å². The second-order valence-corrected chi connectivity index (χ2v) is 6.00. The highest BCUT2D eigenvalue weighted by atomic mass is 35.5. The minimum atomic E-state index is -0.820. The molecule has 0 radical (unpaired) electrons. The van der Waals surface area contributed by atoms with Gasteiger partial charge in [0, 0.05) is 5.02 Å². The van der Waals surface area contributed by atoms with Gasteiger partial charge in [0.25, 0.3) is 5.91 Å². The monoisotopic (exact) mass is 337 g/mol. The first kappa shape index (κ1) is 17.3. The molecule has 0 unspecified atom stereocenters. The molecule has 4 amide bonds. The van der Waals surface area contributed by atoms with Gasteiger partial charge in [0.1, 0.15) is 6.04 Å². The molecule has 3 N–H and O–H groups in total. The largest absolute Gasteiger partial charge is 0.347 e. The van der Waals surface area contributed by atoms with Crippen molar-refractivity contribution in [3.63, 3.8) is 0 Å². The van der Waals surface area contributed by atoms with Crippen LogP contribution >= 0.6 is 11.6 Å². The van der Waals surface area contributed by atoms with E-state index in [-0.39, 0.29) is 12.3 Å². The number of nitrogens with one attached hydrogen (secondary N) is 3. The van der Waals surface area contributed by atoms with E-state index < -0.39 is 23.5 Å². The van der Waals surface area contributed by atoms with E-state index in [1.807, 2.05) is 26.0 Å². The number of carbonyl (C=O) groups excluding carboxylic acids is 3. The summed E-state index contributed by atoms with van der Waals surface area (Å²) >= 11 is 5.92. The molecule has 1 aromatic rings. The second kappa shape index (κ2) is 7.00. The van der Waals surface area contributed by atoms with Gasteiger partial charge in [-0.15, -0.1) is 0 Å². The van der Waals surface area contributed by atoms with E-state index in [1.165, 1.54) is 0 Å². The Hall–Kier alpha value is -2.08. The lowest BCUT2D eigenvalue weighted by Crippen LogP contribution is -2.47.